The number of benzene rings is 4. The minimum Gasteiger partial charge on any atom is -0.457 e. The molecule has 0 bridgehead atoms. The van der Waals surface area contributed by atoms with E-state index in [1.165, 1.54) is 18.2 Å². The largest absolute Gasteiger partial charge is 0.457 e. The van der Waals surface area contributed by atoms with Gasteiger partial charge >= 0.3 is 23.9 Å². The number of esters is 4. The maximum absolute atomic E-state index is 12.1. The van der Waals surface area contributed by atoms with Crippen molar-refractivity contribution in [3.05, 3.63) is 118 Å². The normalized spacial score (nSPS) is 14.0. The molecule has 0 atom stereocenters. The molecule has 0 aromatic heterocycles. The van der Waals surface area contributed by atoms with E-state index in [-0.39, 0.29) is 33.4 Å². The van der Waals surface area contributed by atoms with E-state index in [1.54, 1.807) is 30.3 Å². The molecule has 0 fully saturated rings. The van der Waals surface area contributed by atoms with Gasteiger partial charge in [0.15, 0.2) is 0 Å². The Morgan fingerprint density at radius 3 is 1.74 bits per heavy atom. The molecule has 39 heavy (non-hydrogen) atoms. The molecule has 0 amide bonds. The smallest absolute Gasteiger partial charge is 0.350 e. The molecule has 0 radical (unpaired) electrons. The van der Waals surface area contributed by atoms with Crippen molar-refractivity contribution in [1.29, 1.82) is 0 Å². The summed E-state index contributed by atoms with van der Waals surface area (Å²) in [6.07, 6.45) is 0. The lowest BCUT2D eigenvalue weighted by Gasteiger charge is -2.26. The quantitative estimate of drug-likeness (QED) is 0.218. The van der Waals surface area contributed by atoms with Crippen molar-refractivity contribution in [3.63, 3.8) is 0 Å². The van der Waals surface area contributed by atoms with Gasteiger partial charge in [-0.25, -0.2) is 19.2 Å². The molecular weight excluding hydrogens is 500 g/mol. The van der Waals surface area contributed by atoms with Gasteiger partial charge in [-0.3, -0.25) is 0 Å². The van der Waals surface area contributed by atoms with Crippen LogP contribution in [0.1, 0.15) is 66.4 Å². The summed E-state index contributed by atoms with van der Waals surface area (Å²) < 4.78 is 21.1. The molecule has 8 heteroatoms. The van der Waals surface area contributed by atoms with Crippen LogP contribution in [0.5, 0.6) is 23.0 Å². The molecule has 0 N–H and O–H groups in total. The average molecular weight is 520 g/mol. The van der Waals surface area contributed by atoms with Crippen molar-refractivity contribution in [2.75, 3.05) is 0 Å². The van der Waals surface area contributed by atoms with Gasteiger partial charge in [-0.2, -0.15) is 0 Å². The Labute approximate surface area is 222 Å². The van der Waals surface area contributed by atoms with Gasteiger partial charge in [-0.1, -0.05) is 44.2 Å². The predicted octanol–water partition coefficient (Wildman–Crippen LogP) is 6.22. The van der Waals surface area contributed by atoms with Gasteiger partial charge in [-0.05, 0) is 65.7 Å². The molecule has 2 heterocycles. The van der Waals surface area contributed by atoms with Crippen LogP contribution in [0, 0.1) is 0 Å². The Kier molecular flexibility index (Phi) is 5.54. The van der Waals surface area contributed by atoms with E-state index >= 15 is 0 Å². The predicted molar refractivity (Wildman–Crippen MR) is 138 cm³/mol. The number of cyclic esters (lactones) is 4. The molecule has 6 rings (SSSR count). The molecule has 0 spiro atoms. The molecule has 0 saturated heterocycles. The number of carbonyl (C=O) groups is 4. The summed E-state index contributed by atoms with van der Waals surface area (Å²) in [5.41, 5.74) is 2.43. The van der Waals surface area contributed by atoms with E-state index < -0.39 is 23.9 Å². The van der Waals surface area contributed by atoms with Gasteiger partial charge < -0.3 is 18.9 Å². The molecule has 4 aromatic carbocycles. The molecule has 0 aliphatic carbocycles. The lowest BCUT2D eigenvalue weighted by molar-refractivity contribution is 0.0425. The average Bonchev–Trinajstić information content (AvgIpc) is 3.38. The van der Waals surface area contributed by atoms with Crippen LogP contribution in [-0.2, 0) is 14.9 Å². The lowest BCUT2D eigenvalue weighted by Crippen LogP contribution is -2.18. The summed E-state index contributed by atoms with van der Waals surface area (Å²) >= 11 is 0. The summed E-state index contributed by atoms with van der Waals surface area (Å²) in [6.45, 7) is 4.18. The van der Waals surface area contributed by atoms with Crippen LogP contribution in [0.2, 0.25) is 0 Å². The first kappa shape index (κ1) is 24.1. The fraction of sp³-hybridized carbons (Fsp3) is 0.0968. The SMILES string of the molecule is CC(C)(c1ccc(Oc2ccc3c(c2)C(=O)OC3=O)cc1)c1ccc(Oc2cccc3c2C(=O)OC3=O)cc1. The number of ether oxygens (including phenoxy) is 4. The van der Waals surface area contributed by atoms with Crippen LogP contribution in [0.4, 0.5) is 0 Å². The zero-order valence-corrected chi connectivity index (χ0v) is 20.8. The van der Waals surface area contributed by atoms with Gasteiger partial charge in [0.05, 0.1) is 16.7 Å². The van der Waals surface area contributed by atoms with Crippen molar-refractivity contribution < 1.29 is 38.1 Å². The third-order valence-electron chi connectivity index (χ3n) is 6.87. The highest BCUT2D eigenvalue weighted by Crippen LogP contribution is 2.36. The summed E-state index contributed by atoms with van der Waals surface area (Å²) in [5.74, 6) is -0.964. The molecule has 4 aromatic rings. The standard InChI is InChI=1S/C31H20O8/c1-31(2,17-6-10-19(11-7-17)36-21-14-15-22-24(16-21)29(34)38-27(22)32)18-8-12-20(13-9-18)37-25-5-3-4-23-26(25)30(35)39-28(23)33/h3-16H,1-2H3. The Morgan fingerprint density at radius 2 is 1.08 bits per heavy atom. The Hall–Kier alpha value is -5.24. The van der Waals surface area contributed by atoms with Gasteiger partial charge in [0.1, 0.15) is 28.6 Å². The molecule has 0 unspecified atom stereocenters. The zero-order valence-electron chi connectivity index (χ0n) is 20.8. The zero-order chi connectivity index (χ0) is 27.3. The van der Waals surface area contributed by atoms with Crippen molar-refractivity contribution in [2.24, 2.45) is 0 Å². The van der Waals surface area contributed by atoms with Crippen LogP contribution in [0.25, 0.3) is 0 Å². The van der Waals surface area contributed by atoms with Crippen LogP contribution >= 0.6 is 0 Å². The number of hydrogen-bond donors (Lipinski definition) is 0. The van der Waals surface area contributed by atoms with E-state index in [4.69, 9.17) is 14.2 Å². The first-order valence-electron chi connectivity index (χ1n) is 12.1. The number of carbonyl (C=O) groups excluding carboxylic acids is 4. The molecular formula is C31H20O8. The van der Waals surface area contributed by atoms with Gasteiger partial charge in [0.25, 0.3) is 0 Å². The fourth-order valence-corrected chi connectivity index (χ4v) is 4.62. The monoisotopic (exact) mass is 520 g/mol. The van der Waals surface area contributed by atoms with Crippen molar-refractivity contribution in [1.82, 2.24) is 0 Å². The van der Waals surface area contributed by atoms with E-state index in [9.17, 15) is 19.2 Å². The van der Waals surface area contributed by atoms with Crippen LogP contribution in [0.3, 0.4) is 0 Å². The van der Waals surface area contributed by atoms with Gasteiger partial charge in [-0.15, -0.1) is 0 Å². The highest BCUT2D eigenvalue weighted by Gasteiger charge is 2.33. The van der Waals surface area contributed by atoms with Crippen LogP contribution in [-0.4, -0.2) is 23.9 Å². The third-order valence-corrected chi connectivity index (χ3v) is 6.87. The molecule has 192 valence electrons. The van der Waals surface area contributed by atoms with Crippen molar-refractivity contribution in [2.45, 2.75) is 19.3 Å². The number of fused-ring (bicyclic) bond motifs is 2. The number of hydrogen-bond acceptors (Lipinski definition) is 8. The highest BCUT2D eigenvalue weighted by molar-refractivity contribution is 6.16. The third kappa shape index (κ3) is 4.21. The summed E-state index contributed by atoms with van der Waals surface area (Å²) in [6, 6.07) is 24.5. The van der Waals surface area contributed by atoms with Crippen LogP contribution < -0.4 is 9.47 Å². The van der Waals surface area contributed by atoms with Crippen LogP contribution in [0.15, 0.2) is 84.9 Å². The minimum atomic E-state index is -0.718. The summed E-state index contributed by atoms with van der Waals surface area (Å²) in [4.78, 5) is 47.3. The second-order valence-electron chi connectivity index (χ2n) is 9.62. The molecule has 8 nitrogen and oxygen atoms in total. The highest BCUT2D eigenvalue weighted by atomic mass is 16.6. The second-order valence-corrected chi connectivity index (χ2v) is 9.62. The lowest BCUT2D eigenvalue weighted by atomic mass is 9.78. The van der Waals surface area contributed by atoms with Crippen molar-refractivity contribution in [3.8, 4) is 23.0 Å². The Balaban J connectivity index is 1.17. The van der Waals surface area contributed by atoms with E-state index in [1.807, 2.05) is 36.4 Å². The number of rotatable bonds is 6. The minimum absolute atomic E-state index is 0.127. The first-order valence-corrected chi connectivity index (χ1v) is 12.1. The fourth-order valence-electron chi connectivity index (χ4n) is 4.62. The van der Waals surface area contributed by atoms with E-state index in [0.717, 1.165) is 11.1 Å². The topological polar surface area (TPSA) is 105 Å². The molecule has 2 aliphatic heterocycles. The summed E-state index contributed by atoms with van der Waals surface area (Å²) in [5, 5.41) is 0. The van der Waals surface area contributed by atoms with Crippen molar-refractivity contribution >= 4 is 23.9 Å². The maximum atomic E-state index is 12.1. The van der Waals surface area contributed by atoms with Gasteiger partial charge in [0.2, 0.25) is 0 Å². The second kappa shape index (κ2) is 8.95. The first-order chi connectivity index (χ1) is 18.7. The van der Waals surface area contributed by atoms with E-state index in [0.29, 0.717) is 17.2 Å². The molecule has 0 saturated carbocycles. The Bertz CT molecular complexity index is 1680. The molecule has 2 aliphatic rings. The summed E-state index contributed by atoms with van der Waals surface area (Å²) in [7, 11) is 0. The van der Waals surface area contributed by atoms with Gasteiger partial charge in [0, 0.05) is 5.41 Å². The Morgan fingerprint density at radius 1 is 0.538 bits per heavy atom. The maximum Gasteiger partial charge on any atom is 0.350 e. The van der Waals surface area contributed by atoms with E-state index in [2.05, 4.69) is 18.6 Å².